The van der Waals surface area contributed by atoms with Crippen molar-refractivity contribution in [2.75, 3.05) is 13.7 Å². The number of carbonyl (C=O) groups is 1. The number of phenols is 6. The lowest BCUT2D eigenvalue weighted by Crippen LogP contribution is -2.60. The highest BCUT2D eigenvalue weighted by Crippen LogP contribution is 2.43. The highest BCUT2D eigenvalue weighted by molar-refractivity contribution is 5.89. The van der Waals surface area contributed by atoms with Crippen molar-refractivity contribution in [3.63, 3.8) is 0 Å². The zero-order chi connectivity index (χ0) is 34.2. The van der Waals surface area contributed by atoms with Crippen LogP contribution in [0.5, 0.6) is 46.0 Å². The molecule has 1 aromatic heterocycles. The summed E-state index contributed by atoms with van der Waals surface area (Å²) in [4.78, 5) is 26.0. The van der Waals surface area contributed by atoms with E-state index in [0.717, 1.165) is 30.3 Å². The first-order valence-corrected chi connectivity index (χ1v) is 13.6. The molecule has 9 N–H and O–H groups in total. The Labute approximate surface area is 263 Å². The second-order valence-electron chi connectivity index (χ2n) is 10.3. The smallest absolute Gasteiger partial charge is 0.330 e. The van der Waals surface area contributed by atoms with Gasteiger partial charge in [-0.1, -0.05) is 6.07 Å². The van der Waals surface area contributed by atoms with E-state index in [1.54, 1.807) is 0 Å². The number of fused-ring (bicyclic) bond motifs is 1. The molecule has 0 amide bonds. The van der Waals surface area contributed by atoms with E-state index in [1.165, 1.54) is 31.4 Å². The van der Waals surface area contributed by atoms with Gasteiger partial charge in [-0.2, -0.15) is 0 Å². The number of phenolic OH excluding ortho intramolecular Hbond substituents is 6. The summed E-state index contributed by atoms with van der Waals surface area (Å²) in [6.45, 7) is -0.675. The van der Waals surface area contributed by atoms with Gasteiger partial charge in [0.15, 0.2) is 34.5 Å². The second-order valence-corrected chi connectivity index (χ2v) is 10.3. The van der Waals surface area contributed by atoms with Crippen LogP contribution in [-0.2, 0) is 14.3 Å². The van der Waals surface area contributed by atoms with E-state index in [9.17, 15) is 55.5 Å². The van der Waals surface area contributed by atoms with Gasteiger partial charge in [-0.05, 0) is 35.9 Å². The standard InChI is InChI=1S/C31H28O16/c1-43-19-6-12(2-4-15(19)33)3-5-22(37)44-11-21-25(39)27(41)28(42)31(46-21)47-30-26(40)23-16(34)9-14(32)10-20(23)45-29(30)13-7-17(35)24(38)18(36)8-13/h2-10,21,25,27-28,31-36,38-39,41-42H,11H2,1H3/b5-3-/t21-,25-,27+,28-,31+/m0/s1. The second kappa shape index (κ2) is 13.0. The van der Waals surface area contributed by atoms with Crippen LogP contribution >= 0.6 is 0 Å². The summed E-state index contributed by atoms with van der Waals surface area (Å²) < 4.78 is 27.0. The first kappa shape index (κ1) is 32.7. The van der Waals surface area contributed by atoms with Crippen molar-refractivity contribution in [1.82, 2.24) is 0 Å². The van der Waals surface area contributed by atoms with Crippen LogP contribution in [0, 0.1) is 0 Å². The summed E-state index contributed by atoms with van der Waals surface area (Å²) in [5.74, 6) is -5.99. The number of hydrogen-bond donors (Lipinski definition) is 9. The lowest BCUT2D eigenvalue weighted by atomic mass is 9.99. The fourth-order valence-corrected chi connectivity index (χ4v) is 4.74. The van der Waals surface area contributed by atoms with Crippen LogP contribution in [-0.4, -0.2) is 96.4 Å². The van der Waals surface area contributed by atoms with Crippen LogP contribution in [0.2, 0.25) is 0 Å². The molecule has 1 aliphatic heterocycles. The molecule has 5 atom stereocenters. The van der Waals surface area contributed by atoms with Gasteiger partial charge in [-0.25, -0.2) is 4.79 Å². The summed E-state index contributed by atoms with van der Waals surface area (Å²) >= 11 is 0. The van der Waals surface area contributed by atoms with Crippen LogP contribution < -0.4 is 14.9 Å². The van der Waals surface area contributed by atoms with Crippen molar-refractivity contribution in [1.29, 1.82) is 0 Å². The van der Waals surface area contributed by atoms with Crippen molar-refractivity contribution in [2.24, 2.45) is 0 Å². The van der Waals surface area contributed by atoms with Crippen LogP contribution in [0.1, 0.15) is 5.56 Å². The van der Waals surface area contributed by atoms with E-state index in [1.807, 2.05) is 0 Å². The van der Waals surface area contributed by atoms with Gasteiger partial charge < -0.3 is 69.3 Å². The molecule has 47 heavy (non-hydrogen) atoms. The maximum absolute atomic E-state index is 13.6. The molecular formula is C31H28O16. The number of ether oxygens (including phenoxy) is 4. The SMILES string of the molecule is COc1cc(/C=C\C(=O)OC[C@@H]2O[C@H](Oc3c(-c4cc(O)c(O)c(O)c4)oc4cc(O)cc(O)c4c3=O)[C@@H](O)[C@H](O)[C@H]2O)ccc1O. The number of esters is 1. The molecule has 0 aliphatic carbocycles. The number of rotatable bonds is 8. The van der Waals surface area contributed by atoms with Crippen molar-refractivity contribution in [3.8, 4) is 57.3 Å². The Morgan fingerprint density at radius 3 is 2.26 bits per heavy atom. The Kier molecular flexibility index (Phi) is 9.03. The topological polar surface area (TPSA) is 266 Å². The zero-order valence-electron chi connectivity index (χ0n) is 24.2. The molecule has 0 bridgehead atoms. The molecule has 2 heterocycles. The molecule has 4 aromatic rings. The fourth-order valence-electron chi connectivity index (χ4n) is 4.74. The normalized spacial score (nSPS) is 21.1. The third-order valence-corrected chi connectivity index (χ3v) is 7.16. The van der Waals surface area contributed by atoms with Crippen molar-refractivity contribution >= 4 is 23.0 Å². The number of hydrogen-bond acceptors (Lipinski definition) is 16. The molecule has 5 rings (SSSR count). The van der Waals surface area contributed by atoms with Gasteiger partial charge in [0.05, 0.1) is 7.11 Å². The minimum atomic E-state index is -2.01. The highest BCUT2D eigenvalue weighted by atomic mass is 16.7. The summed E-state index contributed by atoms with van der Waals surface area (Å²) in [7, 11) is 1.35. The minimum Gasteiger partial charge on any atom is -0.508 e. The molecule has 0 unspecified atom stereocenters. The molecule has 248 valence electrons. The number of methoxy groups -OCH3 is 1. The quantitative estimate of drug-likeness (QED) is 0.0731. The van der Waals surface area contributed by atoms with Crippen LogP contribution in [0.15, 0.2) is 57.8 Å². The maximum atomic E-state index is 13.6. The van der Waals surface area contributed by atoms with Gasteiger partial charge in [0.1, 0.15) is 53.5 Å². The van der Waals surface area contributed by atoms with E-state index < -0.39 is 94.4 Å². The molecule has 0 spiro atoms. The molecule has 1 saturated heterocycles. The Morgan fingerprint density at radius 2 is 1.57 bits per heavy atom. The molecule has 0 saturated carbocycles. The van der Waals surface area contributed by atoms with Crippen LogP contribution in [0.4, 0.5) is 0 Å². The van der Waals surface area contributed by atoms with Crippen LogP contribution in [0.3, 0.4) is 0 Å². The van der Waals surface area contributed by atoms with Gasteiger partial charge in [0, 0.05) is 23.8 Å². The number of aliphatic hydroxyl groups excluding tert-OH is 3. The summed E-state index contributed by atoms with van der Waals surface area (Å²) in [6, 6.07) is 7.88. The molecule has 16 heteroatoms. The predicted octanol–water partition coefficient (Wildman–Crippen LogP) is 1.15. The third kappa shape index (κ3) is 6.52. The summed E-state index contributed by atoms with van der Waals surface area (Å²) in [6.07, 6.45) is -6.88. The average Bonchev–Trinajstić information content (AvgIpc) is 3.03. The van der Waals surface area contributed by atoms with E-state index >= 15 is 0 Å². The van der Waals surface area contributed by atoms with Gasteiger partial charge in [0.25, 0.3) is 0 Å². The average molecular weight is 657 g/mol. The Balaban J connectivity index is 1.43. The highest BCUT2D eigenvalue weighted by Gasteiger charge is 2.46. The van der Waals surface area contributed by atoms with Gasteiger partial charge in [0.2, 0.25) is 17.5 Å². The monoisotopic (exact) mass is 656 g/mol. The largest absolute Gasteiger partial charge is 0.508 e. The van der Waals surface area contributed by atoms with E-state index in [0.29, 0.717) is 5.56 Å². The Bertz CT molecular complexity index is 1890. The molecular weight excluding hydrogens is 628 g/mol. The third-order valence-electron chi connectivity index (χ3n) is 7.16. The lowest BCUT2D eigenvalue weighted by Gasteiger charge is -2.39. The minimum absolute atomic E-state index is 0.114. The maximum Gasteiger partial charge on any atom is 0.330 e. The van der Waals surface area contributed by atoms with Crippen molar-refractivity contribution in [2.45, 2.75) is 30.7 Å². The van der Waals surface area contributed by atoms with Gasteiger partial charge in [-0.3, -0.25) is 4.79 Å². The van der Waals surface area contributed by atoms with E-state index in [2.05, 4.69) is 0 Å². The van der Waals surface area contributed by atoms with Crippen LogP contribution in [0.25, 0.3) is 28.4 Å². The summed E-state index contributed by atoms with van der Waals surface area (Å²) in [5.41, 5.74) is -1.25. The fraction of sp³-hybridized carbons (Fsp3) is 0.226. The van der Waals surface area contributed by atoms with Gasteiger partial charge in [-0.15, -0.1) is 0 Å². The molecule has 0 radical (unpaired) electrons. The number of aromatic hydroxyl groups is 6. The molecule has 1 aliphatic rings. The molecule has 1 fully saturated rings. The van der Waals surface area contributed by atoms with E-state index in [4.69, 9.17) is 23.4 Å². The Hall–Kier alpha value is -5.68. The first-order chi connectivity index (χ1) is 22.3. The van der Waals surface area contributed by atoms with Gasteiger partial charge >= 0.3 is 5.97 Å². The first-order valence-electron chi connectivity index (χ1n) is 13.6. The number of aliphatic hydroxyl groups is 3. The van der Waals surface area contributed by atoms with E-state index in [-0.39, 0.29) is 22.6 Å². The van der Waals surface area contributed by atoms with Crippen molar-refractivity contribution < 1.29 is 74.1 Å². The number of carbonyl (C=O) groups excluding carboxylic acids is 1. The zero-order valence-corrected chi connectivity index (χ0v) is 24.2. The molecule has 3 aromatic carbocycles. The molecule has 16 nitrogen and oxygen atoms in total. The predicted molar refractivity (Wildman–Crippen MR) is 158 cm³/mol. The Morgan fingerprint density at radius 1 is 0.872 bits per heavy atom. The summed E-state index contributed by atoms with van der Waals surface area (Å²) in [5, 5.41) is 91.2. The number of benzene rings is 3. The lowest BCUT2D eigenvalue weighted by molar-refractivity contribution is -0.278. The van der Waals surface area contributed by atoms with Crippen molar-refractivity contribution in [3.05, 3.63) is 64.3 Å².